The molecule has 5 heteroatoms. The van der Waals surface area contributed by atoms with Gasteiger partial charge in [0.25, 0.3) is 0 Å². The van der Waals surface area contributed by atoms with Crippen molar-refractivity contribution in [2.75, 3.05) is 13.7 Å². The van der Waals surface area contributed by atoms with Crippen LogP contribution in [0.3, 0.4) is 0 Å². The maximum Gasteiger partial charge on any atom is 0.323 e. The summed E-state index contributed by atoms with van der Waals surface area (Å²) in [7, 11) is 1.97. The summed E-state index contributed by atoms with van der Waals surface area (Å²) in [5.41, 5.74) is 4.34. The number of aromatic nitrogens is 2. The maximum absolute atomic E-state index is 11.7. The molecule has 0 N–H and O–H groups in total. The third kappa shape index (κ3) is 2.64. The third-order valence-electron chi connectivity index (χ3n) is 4.29. The number of para-hydroxylation sites is 1. The fourth-order valence-electron chi connectivity index (χ4n) is 2.97. The molecule has 2 heterocycles. The van der Waals surface area contributed by atoms with Crippen LogP contribution < -0.4 is 0 Å². The van der Waals surface area contributed by atoms with E-state index >= 15 is 0 Å². The Balaban J connectivity index is 1.86. The molecule has 0 unspecified atom stereocenters. The summed E-state index contributed by atoms with van der Waals surface area (Å²) < 4.78 is 7.02. The van der Waals surface area contributed by atoms with E-state index in [1.165, 1.54) is 5.56 Å². The highest BCUT2D eigenvalue weighted by Crippen LogP contribution is 2.21. The number of ether oxygens (including phenoxy) is 1. The first-order chi connectivity index (χ1) is 10.6. The quantitative estimate of drug-likeness (QED) is 0.812. The molecule has 1 saturated heterocycles. The van der Waals surface area contributed by atoms with Crippen LogP contribution in [0, 0.1) is 13.8 Å². The van der Waals surface area contributed by atoms with Gasteiger partial charge >= 0.3 is 5.97 Å². The summed E-state index contributed by atoms with van der Waals surface area (Å²) in [6.07, 6.45) is 0.764. The van der Waals surface area contributed by atoms with Crippen LogP contribution in [0.25, 0.3) is 5.69 Å². The van der Waals surface area contributed by atoms with E-state index < -0.39 is 0 Å². The van der Waals surface area contributed by atoms with E-state index in [2.05, 4.69) is 16.9 Å². The van der Waals surface area contributed by atoms with E-state index in [4.69, 9.17) is 4.74 Å². The number of benzene rings is 1. The Kier molecular flexibility index (Phi) is 3.98. The topological polar surface area (TPSA) is 47.4 Å². The van der Waals surface area contributed by atoms with Crippen LogP contribution >= 0.6 is 0 Å². The highest BCUT2D eigenvalue weighted by Gasteiger charge is 2.31. The Morgan fingerprint density at radius 2 is 2.05 bits per heavy atom. The minimum absolute atomic E-state index is 0.117. The number of carbonyl (C=O) groups is 1. The summed E-state index contributed by atoms with van der Waals surface area (Å²) in [6, 6.07) is 9.95. The van der Waals surface area contributed by atoms with Crippen molar-refractivity contribution in [3.05, 3.63) is 47.3 Å². The molecule has 2 aromatic rings. The summed E-state index contributed by atoms with van der Waals surface area (Å²) in [4.78, 5) is 13.8. The van der Waals surface area contributed by atoms with Gasteiger partial charge in [-0.05, 0) is 33.0 Å². The average molecular weight is 299 g/mol. The van der Waals surface area contributed by atoms with Crippen molar-refractivity contribution in [2.45, 2.75) is 32.9 Å². The maximum atomic E-state index is 11.7. The lowest BCUT2D eigenvalue weighted by molar-refractivity contribution is -0.142. The first kappa shape index (κ1) is 14.8. The number of hydrogen-bond donors (Lipinski definition) is 0. The summed E-state index contributed by atoms with van der Waals surface area (Å²) >= 11 is 0. The van der Waals surface area contributed by atoms with Crippen LogP contribution in [0.4, 0.5) is 0 Å². The molecule has 0 radical (unpaired) electrons. The Morgan fingerprint density at radius 1 is 1.32 bits per heavy atom. The lowest BCUT2D eigenvalue weighted by atomic mass is 10.1. The average Bonchev–Trinajstić information content (AvgIpc) is 3.06. The standard InChI is InChI=1S/C17H21N3O2/c1-12-15(11-19(3)16-9-10-22-17(16)21)13(2)20(18-12)14-7-5-4-6-8-14/h4-8,16H,9-11H2,1-3H3/t16-/m0/s1. The van der Waals surface area contributed by atoms with Crippen molar-refractivity contribution in [2.24, 2.45) is 0 Å². The van der Waals surface area contributed by atoms with Crippen molar-refractivity contribution in [3.8, 4) is 5.69 Å². The van der Waals surface area contributed by atoms with E-state index in [0.29, 0.717) is 13.2 Å². The second-order valence-electron chi connectivity index (χ2n) is 5.78. The van der Waals surface area contributed by atoms with Crippen molar-refractivity contribution in [1.29, 1.82) is 0 Å². The zero-order valence-corrected chi connectivity index (χ0v) is 13.2. The molecule has 0 amide bonds. The Labute approximate surface area is 130 Å². The molecule has 0 spiro atoms. The minimum Gasteiger partial charge on any atom is -0.464 e. The molecular weight excluding hydrogens is 278 g/mol. The van der Waals surface area contributed by atoms with Gasteiger partial charge in [0.05, 0.1) is 18.0 Å². The van der Waals surface area contributed by atoms with Gasteiger partial charge in [-0.2, -0.15) is 5.10 Å². The molecular formula is C17H21N3O2. The highest BCUT2D eigenvalue weighted by molar-refractivity contribution is 5.77. The number of aryl methyl sites for hydroxylation is 1. The lowest BCUT2D eigenvalue weighted by Gasteiger charge is -2.21. The van der Waals surface area contributed by atoms with Gasteiger partial charge in [0, 0.05) is 24.2 Å². The molecule has 1 aromatic carbocycles. The number of esters is 1. The van der Waals surface area contributed by atoms with Gasteiger partial charge in [-0.15, -0.1) is 0 Å². The molecule has 1 aromatic heterocycles. The first-order valence-electron chi connectivity index (χ1n) is 7.55. The van der Waals surface area contributed by atoms with Crippen LogP contribution in [0.2, 0.25) is 0 Å². The second-order valence-corrected chi connectivity index (χ2v) is 5.78. The van der Waals surface area contributed by atoms with Crippen LogP contribution in [0.5, 0.6) is 0 Å². The second kappa shape index (κ2) is 5.93. The predicted octanol–water partition coefficient (Wildman–Crippen LogP) is 2.24. The fourth-order valence-corrected chi connectivity index (χ4v) is 2.97. The highest BCUT2D eigenvalue weighted by atomic mass is 16.5. The minimum atomic E-state index is -0.140. The zero-order chi connectivity index (χ0) is 15.7. The van der Waals surface area contributed by atoms with Gasteiger partial charge in [0.15, 0.2) is 0 Å². The summed E-state index contributed by atoms with van der Waals surface area (Å²) in [5.74, 6) is -0.117. The van der Waals surface area contributed by atoms with Crippen LogP contribution in [0.15, 0.2) is 30.3 Å². The molecule has 116 valence electrons. The van der Waals surface area contributed by atoms with Crippen molar-refractivity contribution in [1.82, 2.24) is 14.7 Å². The number of cyclic esters (lactones) is 1. The Bertz CT molecular complexity index is 679. The van der Waals surface area contributed by atoms with Crippen LogP contribution in [-0.4, -0.2) is 40.3 Å². The Morgan fingerprint density at radius 3 is 2.68 bits per heavy atom. The van der Waals surface area contributed by atoms with E-state index in [-0.39, 0.29) is 12.0 Å². The predicted molar refractivity (Wildman–Crippen MR) is 83.9 cm³/mol. The molecule has 0 bridgehead atoms. The summed E-state index contributed by atoms with van der Waals surface area (Å²) in [5, 5.41) is 4.65. The normalized spacial score (nSPS) is 18.0. The monoisotopic (exact) mass is 299 g/mol. The molecule has 1 atom stereocenters. The van der Waals surface area contributed by atoms with Crippen LogP contribution in [0.1, 0.15) is 23.4 Å². The molecule has 3 rings (SSSR count). The van der Waals surface area contributed by atoms with Crippen molar-refractivity contribution < 1.29 is 9.53 Å². The molecule has 1 aliphatic heterocycles. The number of nitrogens with zero attached hydrogens (tertiary/aromatic N) is 3. The van der Waals surface area contributed by atoms with E-state index in [1.807, 2.05) is 49.0 Å². The van der Waals surface area contributed by atoms with Crippen LogP contribution in [-0.2, 0) is 16.1 Å². The van der Waals surface area contributed by atoms with Gasteiger partial charge in [-0.25, -0.2) is 4.68 Å². The van der Waals surface area contributed by atoms with Gasteiger partial charge in [0.1, 0.15) is 6.04 Å². The van der Waals surface area contributed by atoms with E-state index in [1.54, 1.807) is 0 Å². The van der Waals surface area contributed by atoms with E-state index in [0.717, 1.165) is 23.5 Å². The number of hydrogen-bond acceptors (Lipinski definition) is 4. The Hall–Kier alpha value is -2.14. The van der Waals surface area contributed by atoms with Gasteiger partial charge in [-0.3, -0.25) is 9.69 Å². The number of likely N-dealkylation sites (N-methyl/N-ethyl adjacent to an activating group) is 1. The van der Waals surface area contributed by atoms with Gasteiger partial charge < -0.3 is 4.74 Å². The molecule has 5 nitrogen and oxygen atoms in total. The smallest absolute Gasteiger partial charge is 0.323 e. The van der Waals surface area contributed by atoms with E-state index in [9.17, 15) is 4.79 Å². The third-order valence-corrected chi connectivity index (χ3v) is 4.29. The van der Waals surface area contributed by atoms with Crippen molar-refractivity contribution >= 4 is 5.97 Å². The van der Waals surface area contributed by atoms with Crippen molar-refractivity contribution in [3.63, 3.8) is 0 Å². The zero-order valence-electron chi connectivity index (χ0n) is 13.2. The van der Waals surface area contributed by atoms with Gasteiger partial charge in [0.2, 0.25) is 0 Å². The SMILES string of the molecule is Cc1nn(-c2ccccc2)c(C)c1CN(C)[C@H]1CCOC1=O. The van der Waals surface area contributed by atoms with Gasteiger partial charge in [-0.1, -0.05) is 18.2 Å². The molecule has 0 aliphatic carbocycles. The molecule has 22 heavy (non-hydrogen) atoms. The molecule has 1 fully saturated rings. The number of carbonyl (C=O) groups excluding carboxylic acids is 1. The molecule has 1 aliphatic rings. The largest absolute Gasteiger partial charge is 0.464 e. The molecule has 0 saturated carbocycles. The number of rotatable bonds is 4. The summed E-state index contributed by atoms with van der Waals surface area (Å²) in [6.45, 7) is 5.31. The lowest BCUT2D eigenvalue weighted by Crippen LogP contribution is -2.35. The fraction of sp³-hybridized carbons (Fsp3) is 0.412. The first-order valence-corrected chi connectivity index (χ1v) is 7.55.